The minimum atomic E-state index is -0.633. The SMILES string of the molecule is COC[C@@]1(O)CC[C@@]2(C)[C@@H](CC[C@@H]3[C@@H]2CC[C@]2(C)[C@@H](C(=O)Cn4cnc(C)c4)CC[C@@H]32)C1. The summed E-state index contributed by atoms with van der Waals surface area (Å²) >= 11 is 0. The van der Waals surface area contributed by atoms with Gasteiger partial charge in [0, 0.05) is 19.2 Å². The van der Waals surface area contributed by atoms with Crippen LogP contribution in [0.5, 0.6) is 0 Å². The molecule has 1 heterocycles. The molecule has 1 aromatic heterocycles. The molecule has 5 heteroatoms. The molecule has 4 aliphatic carbocycles. The smallest absolute Gasteiger partial charge is 0.156 e. The quantitative estimate of drug-likeness (QED) is 0.712. The minimum absolute atomic E-state index is 0.155. The molecule has 0 unspecified atom stereocenters. The molecule has 0 saturated heterocycles. The summed E-state index contributed by atoms with van der Waals surface area (Å²) in [7, 11) is 1.70. The summed E-state index contributed by atoms with van der Waals surface area (Å²) in [5.74, 6) is 3.38. The van der Waals surface area contributed by atoms with E-state index >= 15 is 0 Å². The molecule has 1 N–H and O–H groups in total. The number of methoxy groups -OCH3 is 1. The van der Waals surface area contributed by atoms with Crippen molar-refractivity contribution in [1.29, 1.82) is 0 Å². The van der Waals surface area contributed by atoms with Crippen LogP contribution < -0.4 is 0 Å². The molecule has 0 bridgehead atoms. The Kier molecular flexibility index (Phi) is 5.60. The zero-order valence-corrected chi connectivity index (χ0v) is 20.5. The third-order valence-corrected chi connectivity index (χ3v) is 10.7. The van der Waals surface area contributed by atoms with Gasteiger partial charge in [0.1, 0.15) is 0 Å². The van der Waals surface area contributed by atoms with Crippen LogP contribution in [-0.2, 0) is 16.1 Å². The standard InChI is InChI=1S/C27H42N2O3/c1-18-14-29(17-28-18)15-24(30)23-8-7-21-20-6-5-19-13-27(31,16-32-4)12-11-25(19,2)22(20)9-10-26(21,23)3/h14,17,19-23,31H,5-13,15-16H2,1-4H3/t19-,20-,21-,22-,23+,25-,26-,27+/m0/s1. The predicted octanol–water partition coefficient (Wildman–Crippen LogP) is 4.80. The largest absolute Gasteiger partial charge is 0.387 e. The molecule has 5 nitrogen and oxygen atoms in total. The van der Waals surface area contributed by atoms with Gasteiger partial charge in [-0.05, 0) is 99.2 Å². The van der Waals surface area contributed by atoms with Crippen molar-refractivity contribution >= 4 is 5.78 Å². The molecule has 32 heavy (non-hydrogen) atoms. The van der Waals surface area contributed by atoms with Crippen LogP contribution in [0.2, 0.25) is 0 Å². The second kappa shape index (κ2) is 7.94. The van der Waals surface area contributed by atoms with E-state index in [0.717, 1.165) is 43.2 Å². The van der Waals surface area contributed by atoms with E-state index in [9.17, 15) is 9.90 Å². The maximum atomic E-state index is 13.4. The summed E-state index contributed by atoms with van der Waals surface area (Å²) in [6, 6.07) is 0. The fraction of sp³-hybridized carbons (Fsp3) is 0.852. The molecular formula is C27H42N2O3. The Bertz CT molecular complexity index is 867. The van der Waals surface area contributed by atoms with E-state index in [1.54, 1.807) is 13.4 Å². The summed E-state index contributed by atoms with van der Waals surface area (Å²) in [5, 5.41) is 11.1. The lowest BCUT2D eigenvalue weighted by molar-refractivity contribution is -0.164. The van der Waals surface area contributed by atoms with E-state index in [-0.39, 0.29) is 11.3 Å². The fourth-order valence-corrected chi connectivity index (χ4v) is 9.10. The first-order chi connectivity index (χ1) is 15.2. The van der Waals surface area contributed by atoms with Crippen LogP contribution in [0.15, 0.2) is 12.5 Å². The molecule has 4 aliphatic rings. The van der Waals surface area contributed by atoms with Gasteiger partial charge in [-0.25, -0.2) is 4.98 Å². The average Bonchev–Trinajstić information content (AvgIpc) is 3.31. The Morgan fingerprint density at radius 1 is 1.12 bits per heavy atom. The van der Waals surface area contributed by atoms with Gasteiger partial charge in [-0.15, -0.1) is 0 Å². The molecule has 0 spiro atoms. The number of hydrogen-bond donors (Lipinski definition) is 1. The number of carbonyl (C=O) groups is 1. The highest BCUT2D eigenvalue weighted by molar-refractivity contribution is 5.82. The molecule has 0 aliphatic heterocycles. The average molecular weight is 443 g/mol. The molecule has 0 amide bonds. The molecule has 8 atom stereocenters. The van der Waals surface area contributed by atoms with Gasteiger partial charge in [0.15, 0.2) is 5.78 Å². The summed E-state index contributed by atoms with van der Waals surface area (Å²) in [6.45, 7) is 7.89. The Hall–Kier alpha value is -1.20. The van der Waals surface area contributed by atoms with Gasteiger partial charge in [-0.3, -0.25) is 4.79 Å². The van der Waals surface area contributed by atoms with Crippen molar-refractivity contribution < 1.29 is 14.6 Å². The molecule has 1 aromatic rings. The van der Waals surface area contributed by atoms with Gasteiger partial charge in [0.05, 0.1) is 30.8 Å². The summed E-state index contributed by atoms with van der Waals surface area (Å²) < 4.78 is 7.33. The van der Waals surface area contributed by atoms with Gasteiger partial charge in [0.2, 0.25) is 0 Å². The van der Waals surface area contributed by atoms with Crippen LogP contribution in [0.4, 0.5) is 0 Å². The van der Waals surface area contributed by atoms with E-state index in [1.165, 1.54) is 32.1 Å². The van der Waals surface area contributed by atoms with Crippen molar-refractivity contribution in [2.75, 3.05) is 13.7 Å². The van der Waals surface area contributed by atoms with Crippen molar-refractivity contribution in [3.63, 3.8) is 0 Å². The summed E-state index contributed by atoms with van der Waals surface area (Å²) in [5.41, 5.74) is 0.831. The molecule has 178 valence electrons. The number of ketones is 1. The minimum Gasteiger partial charge on any atom is -0.387 e. The first-order valence-corrected chi connectivity index (χ1v) is 12.9. The molecule has 0 radical (unpaired) electrons. The topological polar surface area (TPSA) is 64.3 Å². The fourth-order valence-electron chi connectivity index (χ4n) is 9.10. The second-order valence-corrected chi connectivity index (χ2v) is 12.3. The molecular weight excluding hydrogens is 400 g/mol. The van der Waals surface area contributed by atoms with Crippen LogP contribution in [0.25, 0.3) is 0 Å². The molecule has 4 fully saturated rings. The van der Waals surface area contributed by atoms with Crippen LogP contribution in [-0.4, -0.2) is 39.8 Å². The number of aliphatic hydroxyl groups is 1. The first-order valence-electron chi connectivity index (χ1n) is 12.9. The van der Waals surface area contributed by atoms with Crippen LogP contribution in [0.1, 0.15) is 77.3 Å². The normalized spacial score (nSPS) is 45.7. The van der Waals surface area contributed by atoms with Gasteiger partial charge in [0.25, 0.3) is 0 Å². The maximum Gasteiger partial charge on any atom is 0.156 e. The monoisotopic (exact) mass is 442 g/mol. The highest BCUT2D eigenvalue weighted by Gasteiger charge is 2.62. The van der Waals surface area contributed by atoms with Gasteiger partial charge in [-0.2, -0.15) is 0 Å². The lowest BCUT2D eigenvalue weighted by atomic mass is 9.44. The maximum absolute atomic E-state index is 13.4. The van der Waals surface area contributed by atoms with Gasteiger partial charge in [-0.1, -0.05) is 13.8 Å². The number of carbonyl (C=O) groups excluding carboxylic acids is 1. The van der Waals surface area contributed by atoms with E-state index in [0.29, 0.717) is 36.2 Å². The predicted molar refractivity (Wildman–Crippen MR) is 124 cm³/mol. The molecule has 4 saturated carbocycles. The van der Waals surface area contributed by atoms with Crippen LogP contribution in [0.3, 0.4) is 0 Å². The van der Waals surface area contributed by atoms with Crippen molar-refractivity contribution in [2.45, 2.75) is 90.7 Å². The van der Waals surface area contributed by atoms with Gasteiger partial charge >= 0.3 is 0 Å². The zero-order valence-electron chi connectivity index (χ0n) is 20.5. The number of hydrogen-bond acceptors (Lipinski definition) is 4. The molecule has 5 rings (SSSR count). The van der Waals surface area contributed by atoms with Crippen LogP contribution in [0, 0.1) is 47.3 Å². The van der Waals surface area contributed by atoms with E-state index < -0.39 is 5.60 Å². The Morgan fingerprint density at radius 3 is 2.62 bits per heavy atom. The van der Waals surface area contributed by atoms with E-state index in [1.807, 2.05) is 17.7 Å². The number of aryl methyl sites for hydroxylation is 1. The number of ether oxygens (including phenoxy) is 1. The second-order valence-electron chi connectivity index (χ2n) is 12.3. The number of Topliss-reactive ketones (excluding diaryl/α,β-unsaturated/α-hetero) is 1. The number of nitrogens with zero attached hydrogens (tertiary/aromatic N) is 2. The lowest BCUT2D eigenvalue weighted by Crippen LogP contribution is -2.56. The third-order valence-electron chi connectivity index (χ3n) is 10.7. The highest BCUT2D eigenvalue weighted by atomic mass is 16.5. The Labute approximate surface area is 193 Å². The van der Waals surface area contributed by atoms with Crippen molar-refractivity contribution in [1.82, 2.24) is 9.55 Å². The van der Waals surface area contributed by atoms with Gasteiger partial charge < -0.3 is 14.4 Å². The third kappa shape index (κ3) is 3.50. The van der Waals surface area contributed by atoms with E-state index in [4.69, 9.17) is 4.74 Å². The van der Waals surface area contributed by atoms with Crippen molar-refractivity contribution in [3.05, 3.63) is 18.2 Å². The first kappa shape index (κ1) is 22.6. The highest BCUT2D eigenvalue weighted by Crippen LogP contribution is 2.68. The number of fused-ring (bicyclic) bond motifs is 5. The zero-order chi connectivity index (χ0) is 22.7. The van der Waals surface area contributed by atoms with Crippen molar-refractivity contribution in [2.24, 2.45) is 40.4 Å². The molecule has 0 aromatic carbocycles. The van der Waals surface area contributed by atoms with E-state index in [2.05, 4.69) is 18.8 Å². The Morgan fingerprint density at radius 2 is 1.91 bits per heavy atom. The van der Waals surface area contributed by atoms with Crippen LogP contribution >= 0.6 is 0 Å². The summed E-state index contributed by atoms with van der Waals surface area (Å²) in [4.78, 5) is 17.7. The number of aromatic nitrogens is 2. The van der Waals surface area contributed by atoms with Crippen molar-refractivity contribution in [3.8, 4) is 0 Å². The number of imidazole rings is 1. The lowest BCUT2D eigenvalue weighted by Gasteiger charge is -2.62. The summed E-state index contributed by atoms with van der Waals surface area (Å²) in [6.07, 6.45) is 13.9. The number of rotatable bonds is 5. The Balaban J connectivity index is 1.32.